The monoisotopic (exact) mass is 263 g/mol. The van der Waals surface area contributed by atoms with Crippen molar-refractivity contribution in [1.82, 2.24) is 9.88 Å². The average molecular weight is 263 g/mol. The molecule has 1 aromatic heterocycles. The van der Waals surface area contributed by atoms with Crippen molar-refractivity contribution in [3.05, 3.63) is 23.9 Å². The van der Waals surface area contributed by atoms with Gasteiger partial charge in [0.2, 0.25) is 0 Å². The maximum Gasteiger partial charge on any atom is 0.273 e. The summed E-state index contributed by atoms with van der Waals surface area (Å²) < 4.78 is 5.44. The largest absolute Gasteiger partial charge is 0.377 e. The second-order valence-electron chi connectivity index (χ2n) is 5.26. The third kappa shape index (κ3) is 3.04. The molecule has 0 aromatic carbocycles. The summed E-state index contributed by atoms with van der Waals surface area (Å²) >= 11 is 0. The number of carbonyl (C=O) groups is 1. The molecule has 2 rings (SSSR count). The molecule has 0 saturated carbocycles. The summed E-state index contributed by atoms with van der Waals surface area (Å²) in [7, 11) is 0. The van der Waals surface area contributed by atoms with Crippen LogP contribution in [0.4, 0.5) is 5.82 Å². The SMILES string of the molecule is CCNc1cccc(C(=O)N2CCOCC2(C)C)n1. The van der Waals surface area contributed by atoms with E-state index in [1.807, 2.05) is 37.8 Å². The van der Waals surface area contributed by atoms with E-state index in [2.05, 4.69) is 10.3 Å². The van der Waals surface area contributed by atoms with Crippen LogP contribution in [0.2, 0.25) is 0 Å². The second kappa shape index (κ2) is 5.57. The van der Waals surface area contributed by atoms with Crippen LogP contribution in [-0.2, 0) is 4.74 Å². The summed E-state index contributed by atoms with van der Waals surface area (Å²) in [4.78, 5) is 18.8. The predicted octanol–water partition coefficient (Wildman–Crippen LogP) is 1.76. The molecular formula is C14H21N3O2. The number of anilines is 1. The van der Waals surface area contributed by atoms with Crippen molar-refractivity contribution < 1.29 is 9.53 Å². The first-order valence-corrected chi connectivity index (χ1v) is 6.65. The predicted molar refractivity (Wildman–Crippen MR) is 74.3 cm³/mol. The van der Waals surface area contributed by atoms with Crippen LogP contribution in [0.3, 0.4) is 0 Å². The Balaban J connectivity index is 2.20. The van der Waals surface area contributed by atoms with E-state index in [-0.39, 0.29) is 11.4 Å². The van der Waals surface area contributed by atoms with Gasteiger partial charge in [-0.3, -0.25) is 4.79 Å². The Morgan fingerprint density at radius 1 is 1.53 bits per heavy atom. The van der Waals surface area contributed by atoms with Crippen LogP contribution >= 0.6 is 0 Å². The van der Waals surface area contributed by atoms with Crippen LogP contribution in [0.15, 0.2) is 18.2 Å². The minimum Gasteiger partial charge on any atom is -0.377 e. The fourth-order valence-corrected chi connectivity index (χ4v) is 2.21. The number of ether oxygens (including phenoxy) is 1. The van der Waals surface area contributed by atoms with Gasteiger partial charge in [0.15, 0.2) is 0 Å². The first kappa shape index (κ1) is 13.8. The zero-order chi connectivity index (χ0) is 13.9. The van der Waals surface area contributed by atoms with E-state index in [9.17, 15) is 4.79 Å². The molecule has 0 spiro atoms. The molecule has 1 fully saturated rings. The molecular weight excluding hydrogens is 242 g/mol. The van der Waals surface area contributed by atoms with Crippen LogP contribution < -0.4 is 5.32 Å². The first-order chi connectivity index (χ1) is 9.04. The zero-order valence-electron chi connectivity index (χ0n) is 11.8. The maximum atomic E-state index is 12.6. The third-order valence-electron chi connectivity index (χ3n) is 3.22. The van der Waals surface area contributed by atoms with E-state index in [0.29, 0.717) is 25.5 Å². The van der Waals surface area contributed by atoms with Crippen LogP contribution in [0, 0.1) is 0 Å². The molecule has 0 aliphatic carbocycles. The molecule has 1 N–H and O–H groups in total. The highest BCUT2D eigenvalue weighted by Gasteiger charge is 2.35. The van der Waals surface area contributed by atoms with Crippen molar-refractivity contribution in [2.24, 2.45) is 0 Å². The highest BCUT2D eigenvalue weighted by atomic mass is 16.5. The van der Waals surface area contributed by atoms with Crippen LogP contribution in [0.25, 0.3) is 0 Å². The fraction of sp³-hybridized carbons (Fsp3) is 0.571. The van der Waals surface area contributed by atoms with E-state index in [4.69, 9.17) is 4.74 Å². The number of pyridine rings is 1. The van der Waals surface area contributed by atoms with E-state index in [1.54, 1.807) is 6.07 Å². The zero-order valence-corrected chi connectivity index (χ0v) is 11.8. The van der Waals surface area contributed by atoms with Gasteiger partial charge in [0.05, 0.1) is 18.8 Å². The number of rotatable bonds is 3. The molecule has 104 valence electrons. The number of carbonyl (C=O) groups excluding carboxylic acids is 1. The Morgan fingerprint density at radius 2 is 2.32 bits per heavy atom. The van der Waals surface area contributed by atoms with Gasteiger partial charge in [0.25, 0.3) is 5.91 Å². The van der Waals surface area contributed by atoms with Gasteiger partial charge in [0, 0.05) is 13.1 Å². The highest BCUT2D eigenvalue weighted by Crippen LogP contribution is 2.21. The number of hydrogen-bond acceptors (Lipinski definition) is 4. The van der Waals surface area contributed by atoms with Crippen LogP contribution in [-0.4, -0.2) is 47.6 Å². The molecule has 1 amide bonds. The van der Waals surface area contributed by atoms with E-state index < -0.39 is 0 Å². The summed E-state index contributed by atoms with van der Waals surface area (Å²) in [5.41, 5.74) is 0.194. The Hall–Kier alpha value is -1.62. The van der Waals surface area contributed by atoms with Gasteiger partial charge in [-0.15, -0.1) is 0 Å². The van der Waals surface area contributed by atoms with Crippen molar-refractivity contribution in [3.8, 4) is 0 Å². The lowest BCUT2D eigenvalue weighted by molar-refractivity contribution is -0.0373. The summed E-state index contributed by atoms with van der Waals surface area (Å²) in [6, 6.07) is 5.48. The Labute approximate surface area is 114 Å². The smallest absolute Gasteiger partial charge is 0.273 e. The average Bonchev–Trinajstić information content (AvgIpc) is 2.38. The Bertz CT molecular complexity index is 460. The second-order valence-corrected chi connectivity index (χ2v) is 5.26. The van der Waals surface area contributed by atoms with Gasteiger partial charge >= 0.3 is 0 Å². The van der Waals surface area contributed by atoms with Gasteiger partial charge in [-0.05, 0) is 32.9 Å². The van der Waals surface area contributed by atoms with Crippen molar-refractivity contribution >= 4 is 11.7 Å². The van der Waals surface area contributed by atoms with Gasteiger partial charge in [0.1, 0.15) is 11.5 Å². The molecule has 1 aliphatic heterocycles. The fourth-order valence-electron chi connectivity index (χ4n) is 2.21. The van der Waals surface area contributed by atoms with Gasteiger partial charge in [-0.2, -0.15) is 0 Å². The molecule has 0 unspecified atom stereocenters. The molecule has 5 heteroatoms. The van der Waals surface area contributed by atoms with Crippen molar-refractivity contribution in [2.75, 3.05) is 31.6 Å². The summed E-state index contributed by atoms with van der Waals surface area (Å²) in [6.45, 7) is 8.57. The van der Waals surface area contributed by atoms with Crippen molar-refractivity contribution in [2.45, 2.75) is 26.3 Å². The van der Waals surface area contributed by atoms with Gasteiger partial charge in [-0.25, -0.2) is 4.98 Å². The number of amides is 1. The summed E-state index contributed by atoms with van der Waals surface area (Å²) in [5.74, 6) is 0.701. The highest BCUT2D eigenvalue weighted by molar-refractivity contribution is 5.93. The molecule has 19 heavy (non-hydrogen) atoms. The number of nitrogens with one attached hydrogen (secondary N) is 1. The lowest BCUT2D eigenvalue weighted by Crippen LogP contribution is -2.55. The molecule has 1 aliphatic rings. The van der Waals surface area contributed by atoms with E-state index in [0.717, 1.165) is 12.4 Å². The molecule has 0 atom stereocenters. The molecule has 5 nitrogen and oxygen atoms in total. The normalized spacial score (nSPS) is 18.2. The van der Waals surface area contributed by atoms with Gasteiger partial charge in [-0.1, -0.05) is 6.07 Å². The number of morpholine rings is 1. The lowest BCUT2D eigenvalue weighted by Gasteiger charge is -2.41. The van der Waals surface area contributed by atoms with Crippen LogP contribution in [0.5, 0.6) is 0 Å². The molecule has 0 radical (unpaired) electrons. The number of hydrogen-bond donors (Lipinski definition) is 1. The summed E-state index contributed by atoms with van der Waals surface area (Å²) in [5, 5.41) is 3.12. The number of nitrogens with zero attached hydrogens (tertiary/aromatic N) is 2. The van der Waals surface area contributed by atoms with Crippen molar-refractivity contribution in [1.29, 1.82) is 0 Å². The van der Waals surface area contributed by atoms with E-state index in [1.165, 1.54) is 0 Å². The molecule has 0 bridgehead atoms. The third-order valence-corrected chi connectivity index (χ3v) is 3.22. The van der Waals surface area contributed by atoms with Crippen molar-refractivity contribution in [3.63, 3.8) is 0 Å². The van der Waals surface area contributed by atoms with E-state index >= 15 is 0 Å². The Kier molecular flexibility index (Phi) is 4.04. The molecule has 2 heterocycles. The molecule has 1 saturated heterocycles. The number of aromatic nitrogens is 1. The Morgan fingerprint density at radius 3 is 3.00 bits per heavy atom. The topological polar surface area (TPSA) is 54.5 Å². The standard InChI is InChI=1S/C14H21N3O2/c1-4-15-12-7-5-6-11(16-12)13(18)17-8-9-19-10-14(17,2)3/h5-7H,4,8-10H2,1-3H3,(H,15,16). The summed E-state index contributed by atoms with van der Waals surface area (Å²) in [6.07, 6.45) is 0. The van der Waals surface area contributed by atoms with Crippen LogP contribution in [0.1, 0.15) is 31.3 Å². The lowest BCUT2D eigenvalue weighted by atomic mass is 10.0. The maximum absolute atomic E-state index is 12.6. The van der Waals surface area contributed by atoms with Gasteiger partial charge < -0.3 is 15.0 Å². The molecule has 1 aromatic rings. The quantitative estimate of drug-likeness (QED) is 0.903. The first-order valence-electron chi connectivity index (χ1n) is 6.65. The minimum atomic E-state index is -0.287. The minimum absolute atomic E-state index is 0.0342.